The molecule has 2 bridgehead atoms. The van der Waals surface area contributed by atoms with E-state index in [0.29, 0.717) is 24.1 Å². The van der Waals surface area contributed by atoms with Crippen molar-refractivity contribution in [1.29, 1.82) is 0 Å². The van der Waals surface area contributed by atoms with Crippen LogP contribution in [0.4, 0.5) is 4.39 Å². The molecule has 0 unspecified atom stereocenters. The van der Waals surface area contributed by atoms with Crippen LogP contribution < -0.4 is 5.32 Å². The Balaban J connectivity index is 1.32. The van der Waals surface area contributed by atoms with Crippen LogP contribution in [0.15, 0.2) is 60.9 Å². The number of halogens is 1. The second-order valence-electron chi connectivity index (χ2n) is 9.39. The van der Waals surface area contributed by atoms with Crippen molar-refractivity contribution >= 4 is 17.6 Å². The van der Waals surface area contributed by atoms with Crippen molar-refractivity contribution < 1.29 is 13.9 Å². The van der Waals surface area contributed by atoms with Crippen molar-refractivity contribution in [1.82, 2.24) is 20.2 Å². The number of ether oxygens (including phenoxy) is 1. The molecule has 190 valence electrons. The molecule has 2 aliphatic rings. The largest absolute Gasteiger partial charge is 0.379 e. The number of hydrogen-bond donors (Lipinski definition) is 1. The molecule has 3 aromatic rings. The Bertz CT molecular complexity index is 1350. The summed E-state index contributed by atoms with van der Waals surface area (Å²) >= 11 is 0. The first-order valence-electron chi connectivity index (χ1n) is 12.8. The van der Waals surface area contributed by atoms with E-state index in [2.05, 4.69) is 26.3 Å². The highest BCUT2D eigenvalue weighted by Crippen LogP contribution is 2.30. The maximum atomic E-state index is 13.9. The first kappa shape index (κ1) is 25.0. The van der Waals surface area contributed by atoms with Gasteiger partial charge in [-0.25, -0.2) is 4.39 Å². The fourth-order valence-electron chi connectivity index (χ4n) is 4.73. The Kier molecular flexibility index (Phi) is 7.82. The molecular weight excluding hydrogens is 467 g/mol. The Morgan fingerprint density at radius 1 is 1.14 bits per heavy atom. The number of benzene rings is 1. The van der Waals surface area contributed by atoms with Crippen molar-refractivity contribution in [3.05, 3.63) is 94.7 Å². The highest BCUT2D eigenvalue weighted by molar-refractivity contribution is 5.96. The molecule has 1 N–H and O–H groups in total. The Hall–Kier alpha value is -3.68. The van der Waals surface area contributed by atoms with Gasteiger partial charge in [0.15, 0.2) is 0 Å². The smallest absolute Gasteiger partial charge is 0.253 e. The monoisotopic (exact) mass is 498 g/mol. The summed E-state index contributed by atoms with van der Waals surface area (Å²) in [6.07, 6.45) is 11.0. The zero-order valence-electron chi connectivity index (χ0n) is 21.0. The molecule has 0 radical (unpaired) electrons. The van der Waals surface area contributed by atoms with Gasteiger partial charge in [-0.1, -0.05) is 18.2 Å². The van der Waals surface area contributed by atoms with Crippen LogP contribution in [-0.4, -0.2) is 60.2 Å². The first-order valence-corrected chi connectivity index (χ1v) is 12.8. The minimum absolute atomic E-state index is 0.0978. The molecule has 3 heterocycles. The van der Waals surface area contributed by atoms with E-state index < -0.39 is 0 Å². The van der Waals surface area contributed by atoms with Gasteiger partial charge in [-0.05, 0) is 79.4 Å². The lowest BCUT2D eigenvalue weighted by Crippen LogP contribution is -2.38. The number of nitrogens with zero attached hydrogens (tertiary/aromatic N) is 3. The van der Waals surface area contributed by atoms with Gasteiger partial charge in [0.2, 0.25) is 0 Å². The number of allylic oxidation sites excluding steroid dienone is 3. The molecule has 0 spiro atoms. The molecule has 1 amide bonds. The van der Waals surface area contributed by atoms with Crippen molar-refractivity contribution in [2.45, 2.75) is 19.8 Å². The van der Waals surface area contributed by atoms with Crippen molar-refractivity contribution in [2.24, 2.45) is 0 Å². The van der Waals surface area contributed by atoms with Crippen LogP contribution in [0.1, 0.15) is 39.2 Å². The number of carbonyl (C=O) groups is 1. The number of rotatable bonds is 7. The predicted molar refractivity (Wildman–Crippen MR) is 144 cm³/mol. The summed E-state index contributed by atoms with van der Waals surface area (Å²) in [6, 6.07) is 10.9. The average Bonchev–Trinajstić information content (AvgIpc) is 2.92. The number of amides is 1. The van der Waals surface area contributed by atoms with E-state index in [-0.39, 0.29) is 11.7 Å². The number of pyridine rings is 2. The molecule has 1 aromatic carbocycles. The summed E-state index contributed by atoms with van der Waals surface area (Å²) < 4.78 is 19.3. The number of hydrogen-bond acceptors (Lipinski definition) is 5. The fraction of sp³-hybridized carbons (Fsp3) is 0.300. The van der Waals surface area contributed by atoms with Gasteiger partial charge in [-0.15, -0.1) is 0 Å². The van der Waals surface area contributed by atoms with Crippen LogP contribution >= 0.6 is 0 Å². The van der Waals surface area contributed by atoms with Crippen LogP contribution in [0.5, 0.6) is 0 Å². The van der Waals surface area contributed by atoms with E-state index in [9.17, 15) is 9.18 Å². The third-order valence-corrected chi connectivity index (χ3v) is 6.82. The average molecular weight is 499 g/mol. The number of morpholine rings is 1. The second-order valence-corrected chi connectivity index (χ2v) is 9.39. The zero-order chi connectivity index (χ0) is 25.6. The first-order chi connectivity index (χ1) is 18.1. The molecule has 1 aliphatic heterocycles. The van der Waals surface area contributed by atoms with Gasteiger partial charge < -0.3 is 10.1 Å². The Morgan fingerprint density at radius 3 is 2.84 bits per heavy atom. The topological polar surface area (TPSA) is 67.4 Å². The molecule has 6 nitrogen and oxygen atoms in total. The molecule has 37 heavy (non-hydrogen) atoms. The maximum Gasteiger partial charge on any atom is 0.253 e. The van der Waals surface area contributed by atoms with Gasteiger partial charge in [0.25, 0.3) is 5.91 Å². The lowest BCUT2D eigenvalue weighted by Gasteiger charge is -2.26. The van der Waals surface area contributed by atoms with Gasteiger partial charge in [0.1, 0.15) is 5.82 Å². The maximum absolute atomic E-state index is 13.9. The molecular formula is C30H31FN4O2. The SMILES string of the molecule is Cc1cc(-c2ncccc2/C2=C/Cc3cc(ncc3C(=O)NCCCN3CCOCC3)C=C2)ccc1F. The van der Waals surface area contributed by atoms with Crippen molar-refractivity contribution in [3.8, 4) is 11.3 Å². The summed E-state index contributed by atoms with van der Waals surface area (Å²) in [6.45, 7) is 6.78. The van der Waals surface area contributed by atoms with Gasteiger partial charge in [0, 0.05) is 43.2 Å². The summed E-state index contributed by atoms with van der Waals surface area (Å²) in [5.41, 5.74) is 6.49. The molecule has 0 atom stereocenters. The molecule has 7 heteroatoms. The number of fused-ring (bicyclic) bond motifs is 2. The van der Waals surface area contributed by atoms with Crippen LogP contribution in [0.2, 0.25) is 0 Å². The molecule has 5 rings (SSSR count). The van der Waals surface area contributed by atoms with E-state index in [1.54, 1.807) is 25.4 Å². The van der Waals surface area contributed by atoms with E-state index in [4.69, 9.17) is 4.74 Å². The summed E-state index contributed by atoms with van der Waals surface area (Å²) in [5, 5.41) is 3.06. The summed E-state index contributed by atoms with van der Waals surface area (Å²) in [7, 11) is 0. The van der Waals surface area contributed by atoms with E-state index in [1.165, 1.54) is 6.07 Å². The number of aromatic nitrogens is 2. The molecule has 1 saturated heterocycles. The highest BCUT2D eigenvalue weighted by Gasteiger charge is 2.16. The fourth-order valence-corrected chi connectivity index (χ4v) is 4.73. The molecule has 1 aliphatic carbocycles. The van der Waals surface area contributed by atoms with Gasteiger partial charge in [0.05, 0.1) is 30.2 Å². The minimum Gasteiger partial charge on any atom is -0.379 e. The number of nitrogens with one attached hydrogen (secondary N) is 1. The van der Waals surface area contributed by atoms with Crippen LogP contribution in [0.3, 0.4) is 0 Å². The van der Waals surface area contributed by atoms with Crippen LogP contribution in [0.25, 0.3) is 22.9 Å². The third kappa shape index (κ3) is 6.01. The van der Waals surface area contributed by atoms with Gasteiger partial charge in [-0.2, -0.15) is 0 Å². The zero-order valence-corrected chi connectivity index (χ0v) is 21.0. The lowest BCUT2D eigenvalue weighted by molar-refractivity contribution is 0.0374. The van der Waals surface area contributed by atoms with Gasteiger partial charge in [-0.3, -0.25) is 19.7 Å². The quantitative estimate of drug-likeness (QED) is 0.479. The predicted octanol–water partition coefficient (Wildman–Crippen LogP) is 4.70. The normalized spacial score (nSPS) is 17.0. The third-order valence-electron chi connectivity index (χ3n) is 6.82. The Morgan fingerprint density at radius 2 is 2.00 bits per heavy atom. The van der Waals surface area contributed by atoms with E-state index in [1.807, 2.05) is 36.4 Å². The molecule has 1 fully saturated rings. The van der Waals surface area contributed by atoms with E-state index >= 15 is 0 Å². The van der Waals surface area contributed by atoms with Gasteiger partial charge >= 0.3 is 0 Å². The van der Waals surface area contributed by atoms with Crippen molar-refractivity contribution in [3.63, 3.8) is 0 Å². The summed E-state index contributed by atoms with van der Waals surface area (Å²) in [4.78, 5) is 24.5. The van der Waals surface area contributed by atoms with E-state index in [0.717, 1.165) is 72.9 Å². The number of aryl methyl sites for hydroxylation is 1. The molecule has 2 aromatic heterocycles. The standard InChI is InChI=1S/C30H31FN4O2/c1-21-18-24(8-10-28(21)31)29-26(4-2-11-32-29)22-5-6-23-19-25(9-7-22)34-20-27(23)30(36)33-12-3-13-35-14-16-37-17-15-35/h2,4-5,7-11,18-20H,3,6,12-17H2,1H3,(H,33,36)/b9-7?,22-5+. The summed E-state index contributed by atoms with van der Waals surface area (Å²) in [5.74, 6) is -0.331. The number of carbonyl (C=O) groups excluding carboxylic acids is 1. The Labute approximate surface area is 216 Å². The second kappa shape index (κ2) is 11.6. The molecule has 0 saturated carbocycles. The van der Waals surface area contributed by atoms with Crippen LogP contribution in [0, 0.1) is 12.7 Å². The van der Waals surface area contributed by atoms with Crippen molar-refractivity contribution in [2.75, 3.05) is 39.4 Å². The van der Waals surface area contributed by atoms with Crippen LogP contribution in [-0.2, 0) is 11.2 Å². The lowest BCUT2D eigenvalue weighted by atomic mass is 9.94. The highest BCUT2D eigenvalue weighted by atomic mass is 19.1. The minimum atomic E-state index is -0.234.